The molecule has 8 nitrogen and oxygen atoms in total. The van der Waals surface area contributed by atoms with E-state index in [9.17, 15) is 4.79 Å². The molecule has 1 saturated carbocycles. The Bertz CT molecular complexity index is 942. The minimum absolute atomic E-state index is 0.209. The number of amides is 1. The van der Waals surface area contributed by atoms with Crippen molar-refractivity contribution in [2.75, 3.05) is 37.6 Å². The van der Waals surface area contributed by atoms with Crippen molar-refractivity contribution in [1.82, 2.24) is 14.5 Å². The third kappa shape index (κ3) is 5.37. The smallest absolute Gasteiger partial charge is 0.354 e. The molecular weight excluding hydrogens is 404 g/mol. The van der Waals surface area contributed by atoms with Gasteiger partial charge in [-0.25, -0.2) is 4.79 Å². The van der Waals surface area contributed by atoms with Crippen molar-refractivity contribution >= 4 is 12.2 Å². The Morgan fingerprint density at radius 1 is 1.06 bits per heavy atom. The Hall–Kier alpha value is -2.71. The summed E-state index contributed by atoms with van der Waals surface area (Å²) in [7, 11) is 0. The molecule has 2 saturated heterocycles. The van der Waals surface area contributed by atoms with Gasteiger partial charge in [0.2, 0.25) is 6.41 Å². The van der Waals surface area contributed by atoms with Gasteiger partial charge in [-0.05, 0) is 73.7 Å². The first kappa shape index (κ1) is 22.5. The van der Waals surface area contributed by atoms with Crippen LogP contribution in [0.15, 0.2) is 41.3 Å². The standard InChI is InChI=1S/C23H31N5O.CH3NO/c24-9-5-17-6-10-27(11-7-17)22-8-12-28(23(29)25-22)21-3-1-18(2-4-21)14-26-15-19-13-20(19)16-26;2-1-3/h1-4,8,12,17,19-20H,5-7,9-11,13-16,24H2;1H,(H2,2,3). The number of fused-ring (bicyclic) bond motifs is 1. The van der Waals surface area contributed by atoms with E-state index in [0.29, 0.717) is 5.92 Å². The molecule has 1 aliphatic carbocycles. The first-order chi connectivity index (χ1) is 15.6. The Morgan fingerprint density at radius 3 is 2.31 bits per heavy atom. The van der Waals surface area contributed by atoms with Crippen molar-refractivity contribution in [3.63, 3.8) is 0 Å². The summed E-state index contributed by atoms with van der Waals surface area (Å²) in [6.45, 7) is 6.18. The fourth-order valence-electron chi connectivity index (χ4n) is 5.10. The van der Waals surface area contributed by atoms with Crippen LogP contribution in [0.25, 0.3) is 5.69 Å². The Balaban J connectivity index is 0.000000775. The highest BCUT2D eigenvalue weighted by Crippen LogP contribution is 2.45. The van der Waals surface area contributed by atoms with Gasteiger partial charge in [0.1, 0.15) is 5.82 Å². The third-order valence-corrected chi connectivity index (χ3v) is 6.98. The number of nitrogens with zero attached hydrogens (tertiary/aromatic N) is 4. The number of hydrogen-bond donors (Lipinski definition) is 2. The number of rotatable bonds is 6. The zero-order chi connectivity index (χ0) is 22.5. The number of anilines is 1. The summed E-state index contributed by atoms with van der Waals surface area (Å²) in [5.41, 5.74) is 11.8. The number of carbonyl (C=O) groups is 1. The first-order valence-electron chi connectivity index (χ1n) is 11.6. The molecule has 172 valence electrons. The molecule has 4 N–H and O–H groups in total. The monoisotopic (exact) mass is 438 g/mol. The van der Waals surface area contributed by atoms with E-state index in [1.807, 2.05) is 24.4 Å². The lowest BCUT2D eigenvalue weighted by atomic mass is 9.94. The van der Waals surface area contributed by atoms with Gasteiger partial charge in [0, 0.05) is 38.9 Å². The van der Waals surface area contributed by atoms with E-state index in [0.717, 1.165) is 68.8 Å². The highest BCUT2D eigenvalue weighted by Gasteiger charge is 2.44. The number of nitrogens with two attached hydrogens (primary N) is 2. The van der Waals surface area contributed by atoms with Crippen molar-refractivity contribution in [2.24, 2.45) is 29.2 Å². The summed E-state index contributed by atoms with van der Waals surface area (Å²) in [5, 5.41) is 0. The Kier molecular flexibility index (Phi) is 7.22. The maximum atomic E-state index is 12.7. The second kappa shape index (κ2) is 10.3. The van der Waals surface area contributed by atoms with Crippen LogP contribution in [0.4, 0.5) is 5.82 Å². The molecule has 3 heterocycles. The van der Waals surface area contributed by atoms with Gasteiger partial charge in [-0.15, -0.1) is 0 Å². The van der Waals surface area contributed by atoms with Crippen LogP contribution in [-0.4, -0.2) is 53.6 Å². The van der Waals surface area contributed by atoms with Gasteiger partial charge in [-0.3, -0.25) is 14.3 Å². The average Bonchev–Trinajstić information content (AvgIpc) is 3.41. The van der Waals surface area contributed by atoms with Crippen molar-refractivity contribution < 1.29 is 4.79 Å². The molecule has 0 bridgehead atoms. The molecule has 0 spiro atoms. The predicted octanol–water partition coefficient (Wildman–Crippen LogP) is 1.35. The predicted molar refractivity (Wildman–Crippen MR) is 126 cm³/mol. The molecule has 2 unspecified atom stereocenters. The lowest BCUT2D eigenvalue weighted by molar-refractivity contribution is -0.106. The second-order valence-corrected chi connectivity index (χ2v) is 9.20. The van der Waals surface area contributed by atoms with Crippen molar-refractivity contribution in [1.29, 1.82) is 0 Å². The fraction of sp³-hybridized carbons (Fsp3) is 0.542. The topological polar surface area (TPSA) is 110 Å². The summed E-state index contributed by atoms with van der Waals surface area (Å²) < 4.78 is 1.64. The molecular formula is C24H34N6O2. The number of primary amides is 1. The number of hydrogen-bond acceptors (Lipinski definition) is 6. The molecule has 3 fully saturated rings. The maximum Gasteiger partial charge on any atom is 0.354 e. The van der Waals surface area contributed by atoms with Crippen LogP contribution in [0.2, 0.25) is 0 Å². The molecule has 5 rings (SSSR count). The van der Waals surface area contributed by atoms with Gasteiger partial charge in [0.05, 0.1) is 5.69 Å². The number of aromatic nitrogens is 2. The maximum absolute atomic E-state index is 12.7. The van der Waals surface area contributed by atoms with Crippen molar-refractivity contribution in [3.05, 3.63) is 52.6 Å². The molecule has 1 aromatic carbocycles. The largest absolute Gasteiger partial charge is 0.372 e. The quantitative estimate of drug-likeness (QED) is 0.659. The van der Waals surface area contributed by atoms with Gasteiger partial charge in [0.15, 0.2) is 0 Å². The van der Waals surface area contributed by atoms with E-state index in [1.165, 1.54) is 25.1 Å². The minimum atomic E-state index is -0.209. The first-order valence-corrected chi connectivity index (χ1v) is 11.6. The summed E-state index contributed by atoms with van der Waals surface area (Å²) in [4.78, 5) is 30.4. The second-order valence-electron chi connectivity index (χ2n) is 9.20. The molecule has 0 radical (unpaired) electrons. The van der Waals surface area contributed by atoms with Gasteiger partial charge < -0.3 is 16.4 Å². The lowest BCUT2D eigenvalue weighted by Crippen LogP contribution is -2.36. The van der Waals surface area contributed by atoms with Crippen molar-refractivity contribution in [3.8, 4) is 5.69 Å². The molecule has 32 heavy (non-hydrogen) atoms. The highest BCUT2D eigenvalue weighted by atomic mass is 16.1. The van der Waals surface area contributed by atoms with Crippen LogP contribution in [0.1, 0.15) is 31.2 Å². The molecule has 1 amide bonds. The van der Waals surface area contributed by atoms with Crippen LogP contribution >= 0.6 is 0 Å². The summed E-state index contributed by atoms with van der Waals surface area (Å²) in [6, 6.07) is 10.3. The molecule has 3 aliphatic rings. The van der Waals surface area contributed by atoms with Gasteiger partial charge in [-0.2, -0.15) is 4.98 Å². The molecule has 2 aliphatic heterocycles. The third-order valence-electron chi connectivity index (χ3n) is 6.98. The van der Waals surface area contributed by atoms with Crippen molar-refractivity contribution in [2.45, 2.75) is 32.2 Å². The average molecular weight is 439 g/mol. The van der Waals surface area contributed by atoms with Gasteiger partial charge >= 0.3 is 5.69 Å². The van der Waals surface area contributed by atoms with Crippen LogP contribution in [-0.2, 0) is 11.3 Å². The van der Waals surface area contributed by atoms with E-state index in [2.05, 4.69) is 32.7 Å². The summed E-state index contributed by atoms with van der Waals surface area (Å²) in [6.07, 6.45) is 6.90. The number of likely N-dealkylation sites (tertiary alicyclic amines) is 1. The van der Waals surface area contributed by atoms with E-state index >= 15 is 0 Å². The van der Waals surface area contributed by atoms with Crippen LogP contribution in [0, 0.1) is 17.8 Å². The van der Waals surface area contributed by atoms with E-state index in [4.69, 9.17) is 10.5 Å². The van der Waals surface area contributed by atoms with Crippen LogP contribution in [0.3, 0.4) is 0 Å². The van der Waals surface area contributed by atoms with E-state index in [1.54, 1.807) is 4.57 Å². The van der Waals surface area contributed by atoms with Crippen LogP contribution in [0.5, 0.6) is 0 Å². The van der Waals surface area contributed by atoms with Gasteiger partial charge in [-0.1, -0.05) is 12.1 Å². The molecule has 2 aromatic rings. The van der Waals surface area contributed by atoms with Crippen LogP contribution < -0.4 is 22.1 Å². The number of carbonyl (C=O) groups excluding carboxylic acids is 1. The molecule has 1 aromatic heterocycles. The zero-order valence-electron chi connectivity index (χ0n) is 18.6. The van der Waals surface area contributed by atoms with E-state index in [-0.39, 0.29) is 12.1 Å². The summed E-state index contributed by atoms with van der Waals surface area (Å²) >= 11 is 0. The molecule has 2 atom stereocenters. The normalized spacial score (nSPS) is 22.7. The number of benzene rings is 1. The fourth-order valence-corrected chi connectivity index (χ4v) is 5.10. The number of piperidine rings is 2. The molecule has 8 heteroatoms. The minimum Gasteiger partial charge on any atom is -0.372 e. The SMILES string of the molecule is NC=O.NCCC1CCN(c2ccn(-c3ccc(CN4CC5CC5C4)cc3)c(=O)n2)CC1. The van der Waals surface area contributed by atoms with Gasteiger partial charge in [0.25, 0.3) is 0 Å². The zero-order valence-corrected chi connectivity index (χ0v) is 18.6. The summed E-state index contributed by atoms with van der Waals surface area (Å²) in [5.74, 6) is 3.43. The Morgan fingerprint density at radius 2 is 1.72 bits per heavy atom. The Labute approximate surface area is 189 Å². The highest BCUT2D eigenvalue weighted by molar-refractivity contribution is 5.42. The van der Waals surface area contributed by atoms with E-state index < -0.39 is 0 Å². The lowest BCUT2D eigenvalue weighted by Gasteiger charge is -2.32.